The van der Waals surface area contributed by atoms with E-state index in [0.29, 0.717) is 21.9 Å². The van der Waals surface area contributed by atoms with Crippen molar-refractivity contribution in [2.75, 3.05) is 0 Å². The van der Waals surface area contributed by atoms with Gasteiger partial charge in [-0.15, -0.1) is 0 Å². The van der Waals surface area contributed by atoms with Crippen LogP contribution in [-0.4, -0.2) is 31.7 Å². The highest BCUT2D eigenvalue weighted by Gasteiger charge is 2.86. The molecule has 0 bridgehead atoms. The van der Waals surface area contributed by atoms with E-state index in [-0.39, 0.29) is 10.5 Å². The van der Waals surface area contributed by atoms with Gasteiger partial charge in [0, 0.05) is 4.90 Å². The number of fused-ring (bicyclic) bond motifs is 2. The summed E-state index contributed by atoms with van der Waals surface area (Å²) in [4.78, 5) is -0.240. The second-order valence-corrected chi connectivity index (χ2v) is 12.1. The molecule has 5 rings (SSSR count). The third-order valence-electron chi connectivity index (χ3n) is 6.80. The fourth-order valence-corrected chi connectivity index (χ4v) is 6.38. The van der Waals surface area contributed by atoms with E-state index in [1.165, 1.54) is 12.1 Å². The van der Waals surface area contributed by atoms with Gasteiger partial charge in [-0.2, -0.15) is 51.6 Å². The lowest BCUT2D eigenvalue weighted by molar-refractivity contribution is -0.382. The summed E-state index contributed by atoms with van der Waals surface area (Å²) in [6.07, 6.45) is -7.19. The van der Waals surface area contributed by atoms with E-state index in [1.807, 2.05) is 24.3 Å². The monoisotopic (exact) mass is 660 g/mol. The highest BCUT2D eigenvalue weighted by atomic mass is 32.3. The molecule has 0 aliphatic carbocycles. The van der Waals surface area contributed by atoms with Crippen molar-refractivity contribution in [1.82, 2.24) is 0 Å². The largest absolute Gasteiger partial charge is 0.460 e. The summed E-state index contributed by atoms with van der Waals surface area (Å²) in [5.41, 5.74) is 1.88. The molecule has 5 aromatic carbocycles. The fourth-order valence-electron chi connectivity index (χ4n) is 4.56. The molecule has 0 aromatic heterocycles. The van der Waals surface area contributed by atoms with Gasteiger partial charge in [0.05, 0.1) is 12.0 Å². The van der Waals surface area contributed by atoms with Crippen LogP contribution < -0.4 is 0 Å². The third kappa shape index (κ3) is 5.18. The van der Waals surface area contributed by atoms with Crippen molar-refractivity contribution in [3.8, 4) is 22.3 Å². The summed E-state index contributed by atoms with van der Waals surface area (Å²) in [7, 11) is -7.09. The Kier molecular flexibility index (Phi) is 7.92. The average molecular weight is 661 g/mol. The first kappa shape index (κ1) is 31.7. The zero-order valence-electron chi connectivity index (χ0n) is 21.8. The Morgan fingerprint density at radius 2 is 1.05 bits per heavy atom. The maximum Gasteiger partial charge on any atom is 0.460 e. The molecular weight excluding hydrogens is 643 g/mol. The van der Waals surface area contributed by atoms with Gasteiger partial charge in [0.2, 0.25) is 0 Å². The van der Waals surface area contributed by atoms with E-state index in [4.69, 9.17) is 0 Å². The highest BCUT2D eigenvalue weighted by molar-refractivity contribution is 8.04. The molecule has 44 heavy (non-hydrogen) atoms. The Labute approximate surface area is 248 Å². The molecule has 0 fully saturated rings. The van der Waals surface area contributed by atoms with Crippen LogP contribution in [0.2, 0.25) is 0 Å². The van der Waals surface area contributed by atoms with Crippen molar-refractivity contribution in [2.45, 2.75) is 28.2 Å². The molecule has 0 N–H and O–H groups in total. The van der Waals surface area contributed by atoms with E-state index in [0.717, 1.165) is 16.3 Å². The SMILES string of the molecule is O=S(=O)(OSc1ccc(-c2cccc3ccccc23)cc1-c1cccc2ccccc12)C(F)(F)C(F)(F)C(F)(F)C(F)(F)F. The summed E-state index contributed by atoms with van der Waals surface area (Å²) in [5, 5.41) is -3.95. The van der Waals surface area contributed by atoms with Crippen molar-refractivity contribution in [3.05, 3.63) is 103 Å². The average Bonchev–Trinajstić information content (AvgIpc) is 2.98. The van der Waals surface area contributed by atoms with E-state index in [9.17, 15) is 47.9 Å². The molecule has 0 radical (unpaired) electrons. The Hall–Kier alpha value is -3.75. The Balaban J connectivity index is 1.61. The fraction of sp³-hybridized carbons (Fsp3) is 0.133. The predicted octanol–water partition coefficient (Wildman–Crippen LogP) is 10.1. The van der Waals surface area contributed by atoms with Crippen molar-refractivity contribution < 1.29 is 51.6 Å². The molecule has 14 heteroatoms. The standard InChI is InChI=1S/C30H17F9O3S2/c31-27(32,29(35,36)37)28(33,34)30(38,39)44(40,41)42-43-26-16-15-20(23-13-5-9-18-7-1-3-11-21(18)23)17-25(26)24-14-6-10-19-8-2-4-12-22(19)24/h1-17H. The lowest BCUT2D eigenvalue weighted by Gasteiger charge is -2.32. The molecular formula is C30H17F9O3S2. The molecule has 0 atom stereocenters. The van der Waals surface area contributed by atoms with Gasteiger partial charge in [0.15, 0.2) is 0 Å². The molecule has 0 unspecified atom stereocenters. The van der Waals surface area contributed by atoms with Gasteiger partial charge in [-0.3, -0.25) is 0 Å². The van der Waals surface area contributed by atoms with E-state index in [2.05, 4.69) is 3.63 Å². The van der Waals surface area contributed by atoms with E-state index in [1.54, 1.807) is 66.7 Å². The number of hydrogen-bond acceptors (Lipinski definition) is 4. The Morgan fingerprint density at radius 3 is 1.61 bits per heavy atom. The first-order valence-electron chi connectivity index (χ1n) is 12.4. The third-order valence-corrected chi connectivity index (χ3v) is 9.21. The number of hydrogen-bond donors (Lipinski definition) is 0. The lowest BCUT2D eigenvalue weighted by atomic mass is 9.93. The van der Waals surface area contributed by atoms with Crippen molar-refractivity contribution in [1.29, 1.82) is 0 Å². The first-order chi connectivity index (χ1) is 20.5. The van der Waals surface area contributed by atoms with Crippen molar-refractivity contribution in [3.63, 3.8) is 0 Å². The van der Waals surface area contributed by atoms with Crippen molar-refractivity contribution >= 4 is 43.7 Å². The summed E-state index contributed by atoms with van der Waals surface area (Å²) < 4.78 is 149. The maximum atomic E-state index is 14.3. The van der Waals surface area contributed by atoms with Gasteiger partial charge >= 0.3 is 33.4 Å². The highest BCUT2D eigenvalue weighted by Crippen LogP contribution is 2.55. The molecule has 3 nitrogen and oxygen atoms in total. The summed E-state index contributed by atoms with van der Waals surface area (Å²) in [6, 6.07) is 28.9. The van der Waals surface area contributed by atoms with Crippen LogP contribution in [0.25, 0.3) is 43.8 Å². The molecule has 0 saturated heterocycles. The molecule has 5 aromatic rings. The van der Waals surface area contributed by atoms with Gasteiger partial charge in [-0.25, -0.2) is 0 Å². The summed E-state index contributed by atoms with van der Waals surface area (Å²) in [5.74, 6) is -14.8. The van der Waals surface area contributed by atoms with Gasteiger partial charge in [-0.1, -0.05) is 91.0 Å². The minimum atomic E-state index is -7.41. The number of halogens is 9. The van der Waals surface area contributed by atoms with Crippen molar-refractivity contribution in [2.24, 2.45) is 0 Å². The van der Waals surface area contributed by atoms with Crippen LogP contribution in [0, 0.1) is 0 Å². The summed E-state index contributed by atoms with van der Waals surface area (Å²) >= 11 is -0.401. The smallest absolute Gasteiger partial charge is 0.192 e. The summed E-state index contributed by atoms with van der Waals surface area (Å²) in [6.45, 7) is 0. The molecule has 230 valence electrons. The van der Waals surface area contributed by atoms with Gasteiger partial charge in [0.25, 0.3) is 0 Å². The van der Waals surface area contributed by atoms with Crippen LogP contribution in [0.5, 0.6) is 0 Å². The van der Waals surface area contributed by atoms with Crippen LogP contribution >= 0.6 is 12.0 Å². The quantitative estimate of drug-likeness (QED) is 0.123. The normalized spacial score (nSPS) is 13.5. The first-order valence-corrected chi connectivity index (χ1v) is 14.6. The topological polar surface area (TPSA) is 43.4 Å². The molecule has 0 heterocycles. The van der Waals surface area contributed by atoms with Gasteiger partial charge in [-0.05, 0) is 55.9 Å². The predicted molar refractivity (Wildman–Crippen MR) is 149 cm³/mol. The second-order valence-electron chi connectivity index (χ2n) is 9.53. The minimum Gasteiger partial charge on any atom is -0.192 e. The van der Waals surface area contributed by atoms with E-state index >= 15 is 0 Å². The zero-order valence-corrected chi connectivity index (χ0v) is 23.4. The number of rotatable bonds is 8. The Morgan fingerprint density at radius 1 is 0.545 bits per heavy atom. The number of benzene rings is 5. The second kappa shape index (κ2) is 11.0. The van der Waals surface area contributed by atoms with E-state index < -0.39 is 45.4 Å². The molecule has 0 aliphatic rings. The van der Waals surface area contributed by atoms with Crippen LogP contribution in [0.4, 0.5) is 39.5 Å². The Bertz CT molecular complexity index is 1960. The van der Waals surface area contributed by atoms with Crippen LogP contribution in [0.15, 0.2) is 108 Å². The molecule has 0 amide bonds. The maximum absolute atomic E-state index is 14.3. The molecule has 0 saturated carbocycles. The molecule has 0 aliphatic heterocycles. The van der Waals surface area contributed by atoms with Crippen LogP contribution in [0.3, 0.4) is 0 Å². The minimum absolute atomic E-state index is 0.170. The number of alkyl halides is 9. The van der Waals surface area contributed by atoms with Crippen LogP contribution in [0.1, 0.15) is 0 Å². The van der Waals surface area contributed by atoms with Crippen LogP contribution in [-0.2, 0) is 13.7 Å². The molecule has 0 spiro atoms. The zero-order chi connectivity index (χ0) is 32.1. The van der Waals surface area contributed by atoms with Gasteiger partial charge in [0.1, 0.15) is 0 Å². The van der Waals surface area contributed by atoms with Gasteiger partial charge < -0.3 is 0 Å². The lowest BCUT2D eigenvalue weighted by Crippen LogP contribution is -2.63.